The fraction of sp³-hybridized carbons (Fsp3) is 0.846. The standard InChI is InChI=1S/C13H24N2O4S/c1-8(2)10-12(17)15(9(3)11(16)14-10)7-13(4,5)20(6,18)19/h8-10H,7H2,1-6H3,(H,14,16). The molecule has 1 aliphatic heterocycles. The molecule has 1 saturated heterocycles. The first-order valence-electron chi connectivity index (χ1n) is 6.69. The molecule has 0 aliphatic carbocycles. The number of nitrogens with zero attached hydrogens (tertiary/aromatic N) is 1. The molecule has 2 atom stereocenters. The highest BCUT2D eigenvalue weighted by atomic mass is 32.2. The normalized spacial score (nSPS) is 25.1. The quantitative estimate of drug-likeness (QED) is 0.803. The maximum Gasteiger partial charge on any atom is 0.246 e. The number of carbonyl (C=O) groups is 2. The number of hydrogen-bond acceptors (Lipinski definition) is 4. The van der Waals surface area contributed by atoms with Crippen LogP contribution in [0.5, 0.6) is 0 Å². The Kier molecular flexibility index (Phi) is 4.53. The summed E-state index contributed by atoms with van der Waals surface area (Å²) in [5, 5.41) is 2.69. The fourth-order valence-corrected chi connectivity index (χ4v) is 2.41. The van der Waals surface area contributed by atoms with Crippen molar-refractivity contribution in [2.45, 2.75) is 51.4 Å². The molecule has 1 heterocycles. The number of sulfone groups is 1. The number of rotatable bonds is 4. The van der Waals surface area contributed by atoms with Crippen LogP contribution in [-0.4, -0.2) is 54.8 Å². The molecule has 0 radical (unpaired) electrons. The van der Waals surface area contributed by atoms with Crippen molar-refractivity contribution >= 4 is 21.7 Å². The van der Waals surface area contributed by atoms with Crippen molar-refractivity contribution in [2.24, 2.45) is 5.92 Å². The summed E-state index contributed by atoms with van der Waals surface area (Å²) in [5.74, 6) is -0.501. The lowest BCUT2D eigenvalue weighted by molar-refractivity contribution is -0.150. The van der Waals surface area contributed by atoms with E-state index in [1.807, 2.05) is 13.8 Å². The Morgan fingerprint density at radius 1 is 1.30 bits per heavy atom. The molecule has 2 amide bonds. The SMILES string of the molecule is CC(C)C1NC(=O)C(C)N(CC(C)(C)S(C)(=O)=O)C1=O. The molecule has 6 nitrogen and oxygen atoms in total. The van der Waals surface area contributed by atoms with Crippen molar-refractivity contribution in [3.63, 3.8) is 0 Å². The van der Waals surface area contributed by atoms with Crippen molar-refractivity contribution < 1.29 is 18.0 Å². The molecular formula is C13H24N2O4S. The minimum absolute atomic E-state index is 0.0163. The fourth-order valence-electron chi connectivity index (χ4n) is 2.04. The molecule has 0 aromatic rings. The van der Waals surface area contributed by atoms with E-state index in [0.29, 0.717) is 0 Å². The van der Waals surface area contributed by atoms with Gasteiger partial charge >= 0.3 is 0 Å². The number of piperazine rings is 1. The van der Waals surface area contributed by atoms with E-state index in [2.05, 4.69) is 5.32 Å². The second-order valence-corrected chi connectivity index (χ2v) is 9.05. The topological polar surface area (TPSA) is 83.6 Å². The molecule has 0 aromatic carbocycles. The zero-order chi connectivity index (χ0) is 15.9. The van der Waals surface area contributed by atoms with E-state index >= 15 is 0 Å². The Bertz CT molecular complexity index is 510. The van der Waals surface area contributed by atoms with E-state index in [-0.39, 0.29) is 24.3 Å². The van der Waals surface area contributed by atoms with E-state index in [1.54, 1.807) is 20.8 Å². The van der Waals surface area contributed by atoms with Crippen LogP contribution in [0.1, 0.15) is 34.6 Å². The van der Waals surface area contributed by atoms with E-state index in [0.717, 1.165) is 6.26 Å². The van der Waals surface area contributed by atoms with Gasteiger partial charge in [-0.2, -0.15) is 0 Å². The molecule has 1 aliphatic rings. The average molecular weight is 304 g/mol. The van der Waals surface area contributed by atoms with Gasteiger partial charge in [0.2, 0.25) is 11.8 Å². The molecule has 1 rings (SSSR count). The van der Waals surface area contributed by atoms with Gasteiger partial charge in [0, 0.05) is 12.8 Å². The second-order valence-electron chi connectivity index (χ2n) is 6.40. The monoisotopic (exact) mass is 304 g/mol. The predicted molar refractivity (Wildman–Crippen MR) is 76.9 cm³/mol. The molecule has 1 N–H and O–H groups in total. The Balaban J connectivity index is 3.08. The molecule has 2 unspecified atom stereocenters. The average Bonchev–Trinajstić information content (AvgIpc) is 2.27. The Morgan fingerprint density at radius 3 is 2.20 bits per heavy atom. The largest absolute Gasteiger partial charge is 0.342 e. The number of hydrogen-bond donors (Lipinski definition) is 1. The molecule has 0 aromatic heterocycles. The number of amides is 2. The van der Waals surface area contributed by atoms with E-state index in [1.165, 1.54) is 4.90 Å². The Hall–Kier alpha value is -1.11. The van der Waals surface area contributed by atoms with Crippen LogP contribution in [0, 0.1) is 5.92 Å². The van der Waals surface area contributed by atoms with Gasteiger partial charge in [0.25, 0.3) is 0 Å². The lowest BCUT2D eigenvalue weighted by Crippen LogP contribution is -2.66. The molecule has 0 bridgehead atoms. The zero-order valence-corrected chi connectivity index (χ0v) is 13.7. The lowest BCUT2D eigenvalue weighted by atomic mass is 9.97. The predicted octanol–water partition coefficient (Wildman–Crippen LogP) is 0.181. The van der Waals surface area contributed by atoms with Crippen LogP contribution < -0.4 is 5.32 Å². The van der Waals surface area contributed by atoms with E-state index < -0.39 is 26.7 Å². The van der Waals surface area contributed by atoms with E-state index in [9.17, 15) is 18.0 Å². The van der Waals surface area contributed by atoms with E-state index in [4.69, 9.17) is 0 Å². The molecule has 7 heteroatoms. The second kappa shape index (κ2) is 5.35. The summed E-state index contributed by atoms with van der Waals surface area (Å²) in [6.45, 7) is 8.46. The molecule has 0 spiro atoms. The van der Waals surface area contributed by atoms with Crippen LogP contribution in [-0.2, 0) is 19.4 Å². The lowest BCUT2D eigenvalue weighted by Gasteiger charge is -2.41. The Morgan fingerprint density at radius 2 is 1.80 bits per heavy atom. The molecule has 1 fully saturated rings. The first-order valence-corrected chi connectivity index (χ1v) is 8.58. The van der Waals surface area contributed by atoms with Crippen molar-refractivity contribution in [1.82, 2.24) is 10.2 Å². The molecular weight excluding hydrogens is 280 g/mol. The highest BCUT2D eigenvalue weighted by molar-refractivity contribution is 7.92. The maximum absolute atomic E-state index is 12.4. The van der Waals surface area contributed by atoms with Crippen LogP contribution in [0.4, 0.5) is 0 Å². The first kappa shape index (κ1) is 16.9. The third kappa shape index (κ3) is 3.13. The van der Waals surface area contributed by atoms with Crippen molar-refractivity contribution in [1.29, 1.82) is 0 Å². The third-order valence-corrected chi connectivity index (χ3v) is 6.05. The first-order chi connectivity index (χ1) is 8.88. The zero-order valence-electron chi connectivity index (χ0n) is 12.9. The minimum atomic E-state index is -3.33. The van der Waals surface area contributed by atoms with Crippen LogP contribution in [0.2, 0.25) is 0 Å². The highest BCUT2D eigenvalue weighted by Gasteiger charge is 2.43. The highest BCUT2D eigenvalue weighted by Crippen LogP contribution is 2.22. The maximum atomic E-state index is 12.4. The smallest absolute Gasteiger partial charge is 0.246 e. The Labute approximate surface area is 120 Å². The van der Waals surface area contributed by atoms with Crippen LogP contribution in [0.3, 0.4) is 0 Å². The van der Waals surface area contributed by atoms with Crippen molar-refractivity contribution in [2.75, 3.05) is 12.8 Å². The van der Waals surface area contributed by atoms with Gasteiger partial charge in [-0.05, 0) is 26.7 Å². The summed E-state index contributed by atoms with van der Waals surface area (Å²) in [5.41, 5.74) is 0. The van der Waals surface area contributed by atoms with Gasteiger partial charge in [0.05, 0.1) is 4.75 Å². The number of carbonyl (C=O) groups excluding carboxylic acids is 2. The van der Waals surface area contributed by atoms with Gasteiger partial charge in [0.15, 0.2) is 9.84 Å². The van der Waals surface area contributed by atoms with Gasteiger partial charge in [-0.25, -0.2) is 8.42 Å². The van der Waals surface area contributed by atoms with Gasteiger partial charge in [-0.15, -0.1) is 0 Å². The van der Waals surface area contributed by atoms with Crippen LogP contribution in [0.25, 0.3) is 0 Å². The van der Waals surface area contributed by atoms with Crippen LogP contribution >= 0.6 is 0 Å². The summed E-state index contributed by atoms with van der Waals surface area (Å²) < 4.78 is 22.5. The summed E-state index contributed by atoms with van der Waals surface area (Å²) in [7, 11) is -3.33. The van der Waals surface area contributed by atoms with Crippen molar-refractivity contribution in [3.05, 3.63) is 0 Å². The molecule has 116 valence electrons. The minimum Gasteiger partial charge on any atom is -0.342 e. The van der Waals surface area contributed by atoms with Gasteiger partial charge in [-0.3, -0.25) is 9.59 Å². The third-order valence-electron chi connectivity index (χ3n) is 3.92. The summed E-state index contributed by atoms with van der Waals surface area (Å²) in [6, 6.07) is -1.24. The molecule has 20 heavy (non-hydrogen) atoms. The van der Waals surface area contributed by atoms with Gasteiger partial charge in [0.1, 0.15) is 12.1 Å². The van der Waals surface area contributed by atoms with Crippen molar-refractivity contribution in [3.8, 4) is 0 Å². The van der Waals surface area contributed by atoms with Gasteiger partial charge in [-0.1, -0.05) is 13.8 Å². The summed E-state index contributed by atoms with van der Waals surface area (Å²) >= 11 is 0. The summed E-state index contributed by atoms with van der Waals surface area (Å²) in [4.78, 5) is 25.8. The van der Waals surface area contributed by atoms with Gasteiger partial charge < -0.3 is 10.2 Å². The number of nitrogens with one attached hydrogen (secondary N) is 1. The van der Waals surface area contributed by atoms with Crippen LogP contribution in [0.15, 0.2) is 0 Å². The molecule has 0 saturated carbocycles. The summed E-state index contributed by atoms with van der Waals surface area (Å²) in [6.07, 6.45) is 1.14.